The van der Waals surface area contributed by atoms with Gasteiger partial charge in [0.25, 0.3) is 0 Å². The second-order valence-electron chi connectivity index (χ2n) is 5.52. The van der Waals surface area contributed by atoms with Crippen LogP contribution in [0.2, 0.25) is 0 Å². The Kier molecular flexibility index (Phi) is 3.37. The van der Waals surface area contributed by atoms with Crippen LogP contribution in [0.3, 0.4) is 0 Å². The fraction of sp³-hybridized carbons (Fsp3) is 0.294. The predicted molar refractivity (Wildman–Crippen MR) is 83.3 cm³/mol. The van der Waals surface area contributed by atoms with Crippen molar-refractivity contribution in [3.8, 4) is 11.5 Å². The number of benzene rings is 1. The summed E-state index contributed by atoms with van der Waals surface area (Å²) in [5.41, 5.74) is 10.6. The van der Waals surface area contributed by atoms with Gasteiger partial charge in [-0.25, -0.2) is 0 Å². The van der Waals surface area contributed by atoms with Crippen LogP contribution in [0, 0.1) is 19.3 Å². The van der Waals surface area contributed by atoms with Crippen molar-refractivity contribution in [3.05, 3.63) is 52.3 Å². The highest BCUT2D eigenvalue weighted by atomic mass is 16.5. The van der Waals surface area contributed by atoms with Gasteiger partial charge in [0.15, 0.2) is 0 Å². The quantitative estimate of drug-likeness (QED) is 0.670. The van der Waals surface area contributed by atoms with E-state index >= 15 is 0 Å². The molecule has 108 valence electrons. The molecule has 2 aromatic rings. The summed E-state index contributed by atoms with van der Waals surface area (Å²) >= 11 is 0. The maximum absolute atomic E-state index is 7.73. The monoisotopic (exact) mass is 281 g/mol. The molecule has 0 saturated carbocycles. The number of aromatic nitrogens is 1. The Morgan fingerprint density at radius 1 is 1.19 bits per heavy atom. The van der Waals surface area contributed by atoms with Gasteiger partial charge in [-0.05, 0) is 56.4 Å². The van der Waals surface area contributed by atoms with E-state index in [1.54, 1.807) is 0 Å². The van der Waals surface area contributed by atoms with Gasteiger partial charge in [0.05, 0.1) is 11.3 Å². The lowest BCUT2D eigenvalue weighted by atomic mass is 10.1. The number of pyridine rings is 1. The maximum Gasteiger partial charge on any atom is 0.141 e. The Labute approximate surface area is 124 Å². The van der Waals surface area contributed by atoms with E-state index < -0.39 is 0 Å². The van der Waals surface area contributed by atoms with Crippen molar-refractivity contribution in [1.29, 1.82) is 5.41 Å². The number of hydrogen-bond acceptors (Lipinski definition) is 3. The van der Waals surface area contributed by atoms with Gasteiger partial charge >= 0.3 is 0 Å². The molecule has 0 spiro atoms. The molecule has 0 radical (unpaired) electrons. The van der Waals surface area contributed by atoms with E-state index in [-0.39, 0.29) is 5.84 Å². The van der Waals surface area contributed by atoms with Crippen LogP contribution in [0.15, 0.2) is 24.3 Å². The van der Waals surface area contributed by atoms with Crippen molar-refractivity contribution >= 4 is 5.84 Å². The number of nitrogens with zero attached hydrogens (tertiary/aromatic N) is 1. The summed E-state index contributed by atoms with van der Waals surface area (Å²) in [6.07, 6.45) is 3.48. The first kappa shape index (κ1) is 13.6. The minimum atomic E-state index is -0.0174. The highest BCUT2D eigenvalue weighted by molar-refractivity contribution is 5.98. The average molecular weight is 281 g/mol. The molecule has 1 aromatic heterocycles. The minimum Gasteiger partial charge on any atom is -0.456 e. The van der Waals surface area contributed by atoms with E-state index in [2.05, 4.69) is 17.1 Å². The van der Waals surface area contributed by atoms with Crippen LogP contribution in [0.4, 0.5) is 0 Å². The molecule has 0 unspecified atom stereocenters. The zero-order valence-electron chi connectivity index (χ0n) is 12.4. The fourth-order valence-electron chi connectivity index (χ4n) is 2.94. The molecule has 4 heteroatoms. The largest absolute Gasteiger partial charge is 0.456 e. The summed E-state index contributed by atoms with van der Waals surface area (Å²) in [6, 6.07) is 8.04. The van der Waals surface area contributed by atoms with E-state index in [0.29, 0.717) is 11.3 Å². The topological polar surface area (TPSA) is 72.0 Å². The Morgan fingerprint density at radius 2 is 1.95 bits per heavy atom. The van der Waals surface area contributed by atoms with Gasteiger partial charge in [-0.2, -0.15) is 0 Å². The lowest BCUT2D eigenvalue weighted by Gasteiger charge is -2.14. The van der Waals surface area contributed by atoms with Gasteiger partial charge in [0, 0.05) is 11.8 Å². The minimum absolute atomic E-state index is 0.0174. The third-order valence-electron chi connectivity index (χ3n) is 3.86. The summed E-state index contributed by atoms with van der Waals surface area (Å²) in [5, 5.41) is 7.73. The molecular formula is C17H19N3O. The number of nitrogens with two attached hydrogens (primary N) is 1. The van der Waals surface area contributed by atoms with Gasteiger partial charge in [-0.15, -0.1) is 0 Å². The Balaban J connectivity index is 1.99. The van der Waals surface area contributed by atoms with Crippen molar-refractivity contribution in [2.45, 2.75) is 33.1 Å². The standard InChI is InChI=1S/C17H19N3O/c1-10-8-15(16(17(18)19)11(2)20-10)21-14-7-6-12-4-3-5-13(12)9-14/h6-9H,3-5H2,1-2H3,(H3,18,19). The fourth-order valence-corrected chi connectivity index (χ4v) is 2.94. The molecule has 1 aromatic carbocycles. The van der Waals surface area contributed by atoms with Crippen molar-refractivity contribution < 1.29 is 4.74 Å². The third-order valence-corrected chi connectivity index (χ3v) is 3.86. The van der Waals surface area contributed by atoms with Crippen molar-refractivity contribution in [3.63, 3.8) is 0 Å². The molecule has 1 aliphatic carbocycles. The van der Waals surface area contributed by atoms with E-state index in [0.717, 1.165) is 30.0 Å². The van der Waals surface area contributed by atoms with Crippen molar-refractivity contribution in [2.75, 3.05) is 0 Å². The lowest BCUT2D eigenvalue weighted by Crippen LogP contribution is -2.15. The molecule has 3 rings (SSSR count). The highest BCUT2D eigenvalue weighted by Crippen LogP contribution is 2.31. The van der Waals surface area contributed by atoms with E-state index in [9.17, 15) is 0 Å². The van der Waals surface area contributed by atoms with Gasteiger partial charge in [0.2, 0.25) is 0 Å². The number of rotatable bonds is 3. The zero-order chi connectivity index (χ0) is 15.0. The van der Waals surface area contributed by atoms with Gasteiger partial charge in [-0.1, -0.05) is 6.07 Å². The van der Waals surface area contributed by atoms with E-state index in [4.69, 9.17) is 15.9 Å². The second kappa shape index (κ2) is 5.20. The summed E-state index contributed by atoms with van der Waals surface area (Å²) in [7, 11) is 0. The molecule has 0 aliphatic heterocycles. The first-order chi connectivity index (χ1) is 10.0. The van der Waals surface area contributed by atoms with Crippen LogP contribution in [-0.4, -0.2) is 10.8 Å². The molecule has 0 amide bonds. The number of nitrogens with one attached hydrogen (secondary N) is 1. The summed E-state index contributed by atoms with van der Waals surface area (Å²) in [6.45, 7) is 3.76. The van der Waals surface area contributed by atoms with Crippen molar-refractivity contribution in [1.82, 2.24) is 4.98 Å². The SMILES string of the molecule is Cc1cc(Oc2ccc3c(c2)CCC3)c(C(=N)N)c(C)n1. The first-order valence-electron chi connectivity index (χ1n) is 7.17. The third kappa shape index (κ3) is 2.61. The lowest BCUT2D eigenvalue weighted by molar-refractivity contribution is 0.479. The van der Waals surface area contributed by atoms with E-state index in [1.807, 2.05) is 26.0 Å². The molecule has 21 heavy (non-hydrogen) atoms. The molecule has 0 saturated heterocycles. The molecule has 4 nitrogen and oxygen atoms in total. The van der Waals surface area contributed by atoms with Crippen LogP contribution >= 0.6 is 0 Å². The summed E-state index contributed by atoms with van der Waals surface area (Å²) in [4.78, 5) is 4.35. The summed E-state index contributed by atoms with van der Waals surface area (Å²) in [5.74, 6) is 1.38. The van der Waals surface area contributed by atoms with E-state index in [1.165, 1.54) is 17.5 Å². The second-order valence-corrected chi connectivity index (χ2v) is 5.52. The Morgan fingerprint density at radius 3 is 2.71 bits per heavy atom. The molecule has 1 heterocycles. The van der Waals surface area contributed by atoms with Crippen LogP contribution in [0.25, 0.3) is 0 Å². The Bertz CT molecular complexity index is 722. The predicted octanol–water partition coefficient (Wildman–Crippen LogP) is 3.26. The number of ether oxygens (including phenoxy) is 1. The van der Waals surface area contributed by atoms with Gasteiger partial charge in [-0.3, -0.25) is 10.4 Å². The molecule has 0 bridgehead atoms. The van der Waals surface area contributed by atoms with Crippen LogP contribution in [0.5, 0.6) is 11.5 Å². The summed E-state index contributed by atoms with van der Waals surface area (Å²) < 4.78 is 6.00. The van der Waals surface area contributed by atoms with Crippen molar-refractivity contribution in [2.24, 2.45) is 5.73 Å². The molecular weight excluding hydrogens is 262 g/mol. The number of fused-ring (bicyclic) bond motifs is 1. The zero-order valence-corrected chi connectivity index (χ0v) is 12.4. The average Bonchev–Trinajstić information content (AvgIpc) is 2.84. The molecule has 0 atom stereocenters. The normalized spacial score (nSPS) is 13.0. The van der Waals surface area contributed by atoms with Crippen LogP contribution < -0.4 is 10.5 Å². The molecule has 1 aliphatic rings. The van der Waals surface area contributed by atoms with Gasteiger partial charge in [0.1, 0.15) is 17.3 Å². The first-order valence-corrected chi connectivity index (χ1v) is 7.17. The Hall–Kier alpha value is -2.36. The number of nitrogen functional groups attached to an aromatic ring is 1. The van der Waals surface area contributed by atoms with Crippen LogP contribution in [0.1, 0.15) is 34.5 Å². The number of amidine groups is 1. The maximum atomic E-state index is 7.73. The smallest absolute Gasteiger partial charge is 0.141 e. The van der Waals surface area contributed by atoms with Gasteiger partial charge < -0.3 is 10.5 Å². The number of hydrogen-bond donors (Lipinski definition) is 2. The molecule has 0 fully saturated rings. The number of aryl methyl sites for hydroxylation is 4. The highest BCUT2D eigenvalue weighted by Gasteiger charge is 2.15. The molecule has 3 N–H and O–H groups in total. The van der Waals surface area contributed by atoms with Crippen LogP contribution in [-0.2, 0) is 12.8 Å².